The van der Waals surface area contributed by atoms with Crippen LogP contribution in [-0.4, -0.2) is 60.4 Å². The summed E-state index contributed by atoms with van der Waals surface area (Å²) in [6.45, 7) is 5.84. The average Bonchev–Trinajstić information content (AvgIpc) is 3.37. The van der Waals surface area contributed by atoms with Gasteiger partial charge in [0.05, 0.1) is 18.4 Å². The summed E-state index contributed by atoms with van der Waals surface area (Å²) in [4.78, 5) is 14.2. The molecular weight excluding hydrogens is 463 g/mol. The van der Waals surface area contributed by atoms with Crippen molar-refractivity contribution in [2.45, 2.75) is 32.0 Å². The number of anilines is 1. The maximum Gasteiger partial charge on any atom is 0.393 e. The van der Waals surface area contributed by atoms with E-state index in [1.165, 1.54) is 11.9 Å². The number of nitrogens with two attached hydrogens (primary N) is 1. The lowest BCUT2D eigenvalue weighted by atomic mass is 9.79. The van der Waals surface area contributed by atoms with Crippen molar-refractivity contribution in [2.24, 2.45) is 11.1 Å². The van der Waals surface area contributed by atoms with Gasteiger partial charge < -0.3 is 15.4 Å². The zero-order valence-corrected chi connectivity index (χ0v) is 19.7. The van der Waals surface area contributed by atoms with Crippen LogP contribution in [0.25, 0.3) is 10.2 Å². The number of alkyl halides is 3. The van der Waals surface area contributed by atoms with Crippen molar-refractivity contribution in [3.05, 3.63) is 47.1 Å². The van der Waals surface area contributed by atoms with Gasteiger partial charge in [0, 0.05) is 43.0 Å². The van der Waals surface area contributed by atoms with Gasteiger partial charge in [0.1, 0.15) is 22.7 Å². The Kier molecular flexibility index (Phi) is 6.39. The van der Waals surface area contributed by atoms with E-state index >= 15 is 0 Å². The summed E-state index contributed by atoms with van der Waals surface area (Å²) < 4.78 is 44.3. The number of thiophene rings is 1. The number of nitrogens with zero attached hydrogens (tertiary/aromatic N) is 4. The molecule has 0 aliphatic carbocycles. The van der Waals surface area contributed by atoms with E-state index in [0.717, 1.165) is 73.9 Å². The second-order valence-corrected chi connectivity index (χ2v) is 10.5. The number of benzene rings is 1. The van der Waals surface area contributed by atoms with E-state index in [0.29, 0.717) is 18.0 Å². The van der Waals surface area contributed by atoms with Crippen LogP contribution in [-0.2, 0) is 13.0 Å². The van der Waals surface area contributed by atoms with Crippen LogP contribution >= 0.6 is 11.3 Å². The Bertz CT molecular complexity index is 1150. The van der Waals surface area contributed by atoms with E-state index in [1.54, 1.807) is 6.07 Å². The van der Waals surface area contributed by atoms with Crippen molar-refractivity contribution in [2.75, 3.05) is 44.2 Å². The molecule has 2 aliphatic rings. The number of hydrogen-bond acceptors (Lipinski definition) is 7. The van der Waals surface area contributed by atoms with Crippen LogP contribution in [0.2, 0.25) is 0 Å². The summed E-state index contributed by atoms with van der Waals surface area (Å²) in [5, 5.41) is 0.728. The molecular formula is C24H28F3N5OS. The summed E-state index contributed by atoms with van der Waals surface area (Å²) in [6.07, 6.45) is -1.80. The number of aromatic nitrogens is 2. The highest BCUT2D eigenvalue weighted by Gasteiger charge is 2.48. The predicted molar refractivity (Wildman–Crippen MR) is 127 cm³/mol. The molecule has 1 aromatic carbocycles. The average molecular weight is 492 g/mol. The van der Waals surface area contributed by atoms with Crippen LogP contribution < -0.4 is 15.4 Å². The van der Waals surface area contributed by atoms with Crippen molar-refractivity contribution >= 4 is 27.4 Å². The third-order valence-corrected chi connectivity index (χ3v) is 7.55. The summed E-state index contributed by atoms with van der Waals surface area (Å²) >= 11 is 1.10. The first-order valence-electron chi connectivity index (χ1n) is 11.5. The lowest BCUT2D eigenvalue weighted by Crippen LogP contribution is -2.56. The normalized spacial score (nSPS) is 18.1. The molecule has 5 rings (SSSR count). The van der Waals surface area contributed by atoms with Crippen LogP contribution in [0, 0.1) is 5.41 Å². The molecule has 0 bridgehead atoms. The van der Waals surface area contributed by atoms with Gasteiger partial charge in [-0.25, -0.2) is 9.97 Å². The Hall–Kier alpha value is -2.43. The summed E-state index contributed by atoms with van der Waals surface area (Å²) in [7, 11) is 0. The van der Waals surface area contributed by atoms with Crippen molar-refractivity contribution < 1.29 is 17.9 Å². The highest BCUT2D eigenvalue weighted by atomic mass is 32.1. The standard InChI is InChI=1S/C24H28F3N5OS/c25-24(26,27)11-19-10-20-21(29-16-30-22(20)34-19)32-7-5-23(15-32)13-31(14-23)12-17-3-1-4-18(9-17)33-8-2-6-28/h1,3-4,9-10,16H,2,5-8,11-15,28H2. The number of ether oxygens (including phenoxy) is 1. The van der Waals surface area contributed by atoms with Gasteiger partial charge in [-0.05, 0) is 43.1 Å². The third-order valence-electron chi connectivity index (χ3n) is 6.51. The molecule has 0 atom stereocenters. The molecule has 2 aliphatic heterocycles. The second-order valence-electron chi connectivity index (χ2n) is 9.38. The molecule has 0 radical (unpaired) electrons. The van der Waals surface area contributed by atoms with Crippen molar-refractivity contribution in [3.8, 4) is 5.75 Å². The molecule has 4 heterocycles. The van der Waals surface area contributed by atoms with Gasteiger partial charge in [-0.15, -0.1) is 11.3 Å². The number of halogens is 3. The summed E-state index contributed by atoms with van der Waals surface area (Å²) in [5.41, 5.74) is 6.96. The number of rotatable bonds is 8. The van der Waals surface area contributed by atoms with E-state index in [1.807, 2.05) is 12.1 Å². The second kappa shape index (κ2) is 9.31. The monoisotopic (exact) mass is 491 g/mol. The Morgan fingerprint density at radius 1 is 1.15 bits per heavy atom. The highest BCUT2D eigenvalue weighted by molar-refractivity contribution is 7.18. The fourth-order valence-corrected chi connectivity index (χ4v) is 6.10. The molecule has 2 aromatic heterocycles. The Balaban J connectivity index is 1.20. The van der Waals surface area contributed by atoms with Gasteiger partial charge in [-0.2, -0.15) is 13.2 Å². The lowest BCUT2D eigenvalue weighted by molar-refractivity contribution is -0.126. The van der Waals surface area contributed by atoms with Gasteiger partial charge in [-0.3, -0.25) is 4.90 Å². The minimum Gasteiger partial charge on any atom is -0.494 e. The molecule has 6 nitrogen and oxygen atoms in total. The maximum atomic E-state index is 12.9. The Morgan fingerprint density at radius 2 is 2.00 bits per heavy atom. The molecule has 2 fully saturated rings. The molecule has 0 amide bonds. The molecule has 182 valence electrons. The van der Waals surface area contributed by atoms with Gasteiger partial charge in [0.15, 0.2) is 0 Å². The van der Waals surface area contributed by atoms with Crippen LogP contribution in [0.4, 0.5) is 19.0 Å². The molecule has 34 heavy (non-hydrogen) atoms. The van der Waals surface area contributed by atoms with E-state index in [-0.39, 0.29) is 10.3 Å². The zero-order valence-electron chi connectivity index (χ0n) is 18.9. The van der Waals surface area contributed by atoms with Crippen LogP contribution in [0.5, 0.6) is 5.75 Å². The fourth-order valence-electron chi connectivity index (χ4n) is 5.08. The van der Waals surface area contributed by atoms with Gasteiger partial charge in [0.25, 0.3) is 0 Å². The minimum atomic E-state index is -4.22. The molecule has 1 spiro atoms. The van der Waals surface area contributed by atoms with Crippen LogP contribution in [0.3, 0.4) is 0 Å². The number of fused-ring (bicyclic) bond motifs is 1. The SMILES string of the molecule is NCCCOc1cccc(CN2CC3(CCN(c4ncnc5sc(CC(F)(F)F)cc45)C3)C2)c1. The predicted octanol–water partition coefficient (Wildman–Crippen LogP) is 4.24. The number of likely N-dealkylation sites (tertiary alicyclic amines) is 1. The smallest absolute Gasteiger partial charge is 0.393 e. The van der Waals surface area contributed by atoms with Crippen LogP contribution in [0.15, 0.2) is 36.7 Å². The first-order valence-corrected chi connectivity index (χ1v) is 12.3. The van der Waals surface area contributed by atoms with Crippen molar-refractivity contribution in [1.82, 2.24) is 14.9 Å². The first kappa shape index (κ1) is 23.3. The van der Waals surface area contributed by atoms with E-state index in [4.69, 9.17) is 10.5 Å². The maximum absolute atomic E-state index is 12.9. The molecule has 0 unspecified atom stereocenters. The minimum absolute atomic E-state index is 0.206. The number of hydrogen-bond donors (Lipinski definition) is 1. The quantitative estimate of drug-likeness (QED) is 0.476. The van der Waals surface area contributed by atoms with E-state index < -0.39 is 12.6 Å². The molecule has 0 saturated carbocycles. The van der Waals surface area contributed by atoms with Crippen molar-refractivity contribution in [3.63, 3.8) is 0 Å². The molecule has 10 heteroatoms. The van der Waals surface area contributed by atoms with Gasteiger partial charge in [-0.1, -0.05) is 12.1 Å². The van der Waals surface area contributed by atoms with Crippen molar-refractivity contribution in [1.29, 1.82) is 0 Å². The molecule has 2 saturated heterocycles. The largest absolute Gasteiger partial charge is 0.494 e. The van der Waals surface area contributed by atoms with E-state index in [9.17, 15) is 13.2 Å². The summed E-state index contributed by atoms with van der Waals surface area (Å²) in [6, 6.07) is 9.82. The van der Waals surface area contributed by atoms with Gasteiger partial charge in [0.2, 0.25) is 0 Å². The zero-order chi connectivity index (χ0) is 23.8. The fraction of sp³-hybridized carbons (Fsp3) is 0.500. The Labute approximate surface area is 200 Å². The third kappa shape index (κ3) is 5.13. The highest BCUT2D eigenvalue weighted by Crippen LogP contribution is 2.43. The molecule has 2 N–H and O–H groups in total. The lowest BCUT2D eigenvalue weighted by Gasteiger charge is -2.48. The van der Waals surface area contributed by atoms with Gasteiger partial charge >= 0.3 is 6.18 Å². The molecule has 3 aromatic rings. The first-order chi connectivity index (χ1) is 16.3. The topological polar surface area (TPSA) is 67.5 Å². The van der Waals surface area contributed by atoms with E-state index in [2.05, 4.69) is 31.9 Å². The Morgan fingerprint density at radius 3 is 2.79 bits per heavy atom. The summed E-state index contributed by atoms with van der Waals surface area (Å²) in [5.74, 6) is 1.63. The van der Waals surface area contributed by atoms with Crippen LogP contribution in [0.1, 0.15) is 23.3 Å².